The summed E-state index contributed by atoms with van der Waals surface area (Å²) in [5.74, 6) is 0. The fraction of sp³-hybridized carbons (Fsp3) is 0.385. The number of aliphatic hydroxyl groups is 1. The van der Waals surface area contributed by atoms with Crippen molar-refractivity contribution in [3.63, 3.8) is 0 Å². The molecule has 0 bridgehead atoms. The Hall–Kier alpha value is -2.81. The van der Waals surface area contributed by atoms with E-state index < -0.39 is 16.6 Å². The van der Waals surface area contributed by atoms with Crippen LogP contribution in [0.25, 0.3) is 0 Å². The molecule has 0 aliphatic carbocycles. The molecule has 0 aliphatic rings. The van der Waals surface area contributed by atoms with Crippen molar-refractivity contribution in [2.24, 2.45) is 0 Å². The van der Waals surface area contributed by atoms with Gasteiger partial charge in [-0.1, -0.05) is 169 Å². The summed E-state index contributed by atoms with van der Waals surface area (Å²) in [5.41, 5.74) is 0. The summed E-state index contributed by atoms with van der Waals surface area (Å²) in [4.78, 5) is 12.4. The highest BCUT2D eigenvalue weighted by Crippen LogP contribution is 2.40. The second-order valence-corrected chi connectivity index (χ2v) is 22.1. The zero-order chi connectivity index (χ0) is 31.7. The van der Waals surface area contributed by atoms with Gasteiger partial charge in [-0.15, -0.1) is 0 Å². The van der Waals surface area contributed by atoms with Crippen LogP contribution in [0.4, 0.5) is 0 Å². The molecule has 44 heavy (non-hydrogen) atoms. The van der Waals surface area contributed by atoms with Gasteiger partial charge in [0.2, 0.25) is 0 Å². The Morgan fingerprint density at radius 1 is 0.568 bits per heavy atom. The van der Waals surface area contributed by atoms with Gasteiger partial charge in [0.25, 0.3) is 16.6 Å². The quantitative estimate of drug-likeness (QED) is 0.113. The summed E-state index contributed by atoms with van der Waals surface area (Å²) >= 11 is 0. The average Bonchev–Trinajstić information content (AvgIpc) is 3.04. The molecule has 0 fully saturated rings. The molecule has 5 heteroatoms. The summed E-state index contributed by atoms with van der Waals surface area (Å²) in [6.45, 7) is 12.0. The Labute approximate surface area is 268 Å². The maximum Gasteiger partial charge on any atom is 0.261 e. The molecule has 1 atom stereocenters. The molecule has 0 radical (unpaired) electrons. The van der Waals surface area contributed by atoms with Gasteiger partial charge >= 0.3 is 0 Å². The summed E-state index contributed by atoms with van der Waals surface area (Å²) in [6, 6.07) is 42.0. The highest BCUT2D eigenvalue weighted by Gasteiger charge is 2.50. The molecular weight excluding hydrogens is 573 g/mol. The number of benzene rings is 4. The SMILES string of the molecule is CC(C)(CCCCC(O)CCCO[Si](c1ccccc1)(c1ccccc1)C(C)(C)C)[Si](O)(c1ccccc1)c1ccccc1. The first-order valence-corrected chi connectivity index (χ1v) is 20.1. The van der Waals surface area contributed by atoms with E-state index in [0.29, 0.717) is 6.61 Å². The molecule has 4 aromatic carbocycles. The second kappa shape index (κ2) is 15.0. The molecule has 0 amide bonds. The lowest BCUT2D eigenvalue weighted by molar-refractivity contribution is 0.139. The third-order valence-electron chi connectivity index (χ3n) is 9.37. The Morgan fingerprint density at radius 3 is 1.36 bits per heavy atom. The molecule has 4 aromatic rings. The average molecular weight is 625 g/mol. The van der Waals surface area contributed by atoms with Crippen LogP contribution in [0, 0.1) is 0 Å². The molecule has 0 aliphatic heterocycles. The number of aliphatic hydroxyl groups excluding tert-OH is 1. The predicted octanol–water partition coefficient (Wildman–Crippen LogP) is 6.80. The molecule has 0 saturated heterocycles. The number of unbranched alkanes of at least 4 members (excludes halogenated alkanes) is 1. The highest BCUT2D eigenvalue weighted by atomic mass is 28.4. The lowest BCUT2D eigenvalue weighted by Gasteiger charge is -2.43. The van der Waals surface area contributed by atoms with Crippen LogP contribution in [0.2, 0.25) is 10.1 Å². The van der Waals surface area contributed by atoms with Crippen molar-refractivity contribution in [2.75, 3.05) is 6.61 Å². The van der Waals surface area contributed by atoms with Crippen LogP contribution in [-0.4, -0.2) is 39.2 Å². The van der Waals surface area contributed by atoms with E-state index in [1.54, 1.807) is 0 Å². The van der Waals surface area contributed by atoms with Crippen molar-refractivity contribution >= 4 is 37.4 Å². The molecule has 0 spiro atoms. The second-order valence-electron chi connectivity index (χ2n) is 13.9. The van der Waals surface area contributed by atoms with Crippen LogP contribution >= 0.6 is 0 Å². The predicted molar refractivity (Wildman–Crippen MR) is 191 cm³/mol. The van der Waals surface area contributed by atoms with Crippen LogP contribution in [-0.2, 0) is 4.43 Å². The van der Waals surface area contributed by atoms with Gasteiger partial charge in [-0.05, 0) is 56.5 Å². The molecule has 3 nitrogen and oxygen atoms in total. The van der Waals surface area contributed by atoms with Crippen molar-refractivity contribution in [1.29, 1.82) is 0 Å². The van der Waals surface area contributed by atoms with E-state index in [0.717, 1.165) is 48.9 Å². The number of hydrogen-bond acceptors (Lipinski definition) is 3. The van der Waals surface area contributed by atoms with E-state index in [9.17, 15) is 9.90 Å². The standard InChI is InChI=1S/C39H52O3Si2/c1-38(2,3)44(36-27-14-8-15-28-36,37-29-16-9-17-30-37)42-32-20-22-33(40)21-18-19-31-39(4,5)43(41,34-23-10-6-11-24-34)35-25-12-7-13-26-35/h6-17,23-30,33,40-41H,18-22,31-32H2,1-5H3. The van der Waals surface area contributed by atoms with Gasteiger partial charge in [0.15, 0.2) is 0 Å². The van der Waals surface area contributed by atoms with Gasteiger partial charge in [-0.25, -0.2) is 0 Å². The van der Waals surface area contributed by atoms with Crippen molar-refractivity contribution in [3.05, 3.63) is 121 Å². The van der Waals surface area contributed by atoms with Crippen molar-refractivity contribution in [1.82, 2.24) is 0 Å². The third kappa shape index (κ3) is 7.52. The molecule has 4 rings (SSSR count). The van der Waals surface area contributed by atoms with Crippen LogP contribution in [0.15, 0.2) is 121 Å². The lowest BCUT2D eigenvalue weighted by atomic mass is 10.0. The van der Waals surface area contributed by atoms with Crippen LogP contribution < -0.4 is 20.7 Å². The summed E-state index contributed by atoms with van der Waals surface area (Å²) in [6.07, 6.45) is 4.79. The van der Waals surface area contributed by atoms with E-state index in [1.807, 2.05) is 36.4 Å². The fourth-order valence-electron chi connectivity index (χ4n) is 6.88. The fourth-order valence-corrected chi connectivity index (χ4v) is 15.3. The molecule has 0 heterocycles. The molecule has 0 saturated carbocycles. The first-order valence-electron chi connectivity index (χ1n) is 16.3. The van der Waals surface area contributed by atoms with E-state index in [4.69, 9.17) is 4.43 Å². The Balaban J connectivity index is 1.34. The minimum absolute atomic E-state index is 0.0497. The first-order chi connectivity index (χ1) is 21.0. The largest absolute Gasteiger partial charge is 0.424 e. The zero-order valence-electron chi connectivity index (χ0n) is 27.4. The normalized spacial score (nSPS) is 13.5. The minimum atomic E-state index is -3.00. The molecular formula is C39H52O3Si2. The number of rotatable bonds is 15. The topological polar surface area (TPSA) is 49.7 Å². The number of hydrogen-bond donors (Lipinski definition) is 2. The summed E-state index contributed by atoms with van der Waals surface area (Å²) < 4.78 is 7.01. The maximum atomic E-state index is 12.4. The van der Waals surface area contributed by atoms with Crippen LogP contribution in [0.3, 0.4) is 0 Å². The molecule has 1 unspecified atom stereocenters. The molecule has 2 N–H and O–H groups in total. The highest BCUT2D eigenvalue weighted by molar-refractivity contribution is 6.99. The zero-order valence-corrected chi connectivity index (χ0v) is 29.4. The van der Waals surface area contributed by atoms with Crippen LogP contribution in [0.1, 0.15) is 73.1 Å². The summed E-state index contributed by atoms with van der Waals surface area (Å²) in [5, 5.41) is 15.3. The van der Waals surface area contributed by atoms with Crippen LogP contribution in [0.5, 0.6) is 0 Å². The van der Waals surface area contributed by atoms with Gasteiger partial charge < -0.3 is 14.3 Å². The first kappa shape index (κ1) is 34.1. The van der Waals surface area contributed by atoms with E-state index in [2.05, 4.69) is 120 Å². The summed E-state index contributed by atoms with van der Waals surface area (Å²) in [7, 11) is -5.55. The molecule has 0 aromatic heterocycles. The van der Waals surface area contributed by atoms with Gasteiger partial charge in [0.1, 0.15) is 0 Å². The Bertz CT molecular complexity index is 1310. The minimum Gasteiger partial charge on any atom is -0.424 e. The lowest BCUT2D eigenvalue weighted by Crippen LogP contribution is -2.66. The monoisotopic (exact) mass is 624 g/mol. The van der Waals surface area contributed by atoms with E-state index in [-0.39, 0.29) is 16.2 Å². The Morgan fingerprint density at radius 2 is 0.955 bits per heavy atom. The van der Waals surface area contributed by atoms with Gasteiger partial charge in [-0.3, -0.25) is 0 Å². The smallest absolute Gasteiger partial charge is 0.261 e. The van der Waals surface area contributed by atoms with Gasteiger partial charge in [-0.2, -0.15) is 0 Å². The third-order valence-corrected chi connectivity index (χ3v) is 19.0. The van der Waals surface area contributed by atoms with Crippen molar-refractivity contribution in [3.8, 4) is 0 Å². The van der Waals surface area contributed by atoms with Gasteiger partial charge in [0.05, 0.1) is 6.10 Å². The van der Waals surface area contributed by atoms with Gasteiger partial charge in [0, 0.05) is 6.61 Å². The van der Waals surface area contributed by atoms with E-state index >= 15 is 0 Å². The van der Waals surface area contributed by atoms with Crippen molar-refractivity contribution < 1.29 is 14.3 Å². The van der Waals surface area contributed by atoms with E-state index in [1.165, 1.54) is 10.4 Å². The Kier molecular flexibility index (Phi) is 11.6. The maximum absolute atomic E-state index is 12.4. The molecule has 234 valence electrons. The van der Waals surface area contributed by atoms with Crippen molar-refractivity contribution in [2.45, 2.75) is 89.3 Å².